The molecule has 1 rings (SSSR count). The van der Waals surface area contributed by atoms with Crippen molar-refractivity contribution in [3.63, 3.8) is 0 Å². The Labute approximate surface area is 107 Å². The molecule has 0 radical (unpaired) electrons. The molecule has 1 fully saturated rings. The van der Waals surface area contributed by atoms with E-state index in [2.05, 4.69) is 5.32 Å². The number of carbonyl (C=O) groups is 2. The van der Waals surface area contributed by atoms with Crippen LogP contribution in [0.3, 0.4) is 0 Å². The van der Waals surface area contributed by atoms with Gasteiger partial charge in [0.1, 0.15) is 6.04 Å². The minimum atomic E-state index is -1.02. The van der Waals surface area contributed by atoms with E-state index in [9.17, 15) is 9.59 Å². The zero-order chi connectivity index (χ0) is 13.7. The molecule has 0 heterocycles. The van der Waals surface area contributed by atoms with Crippen LogP contribution in [0.2, 0.25) is 0 Å². The number of carbonyl (C=O) groups excluding carboxylic acids is 1. The molecule has 104 valence electrons. The van der Waals surface area contributed by atoms with Crippen LogP contribution in [0.4, 0.5) is 4.79 Å². The molecule has 6 heteroatoms. The number of nitrogens with one attached hydrogen (secondary N) is 1. The van der Waals surface area contributed by atoms with Crippen LogP contribution in [0.5, 0.6) is 0 Å². The summed E-state index contributed by atoms with van der Waals surface area (Å²) >= 11 is 0. The van der Waals surface area contributed by atoms with E-state index in [1.807, 2.05) is 13.8 Å². The number of aliphatic hydroxyl groups excluding tert-OH is 1. The summed E-state index contributed by atoms with van der Waals surface area (Å²) in [7, 11) is 0. The zero-order valence-corrected chi connectivity index (χ0v) is 10.9. The number of carboxylic acids is 1. The van der Waals surface area contributed by atoms with E-state index in [-0.39, 0.29) is 31.1 Å². The topological polar surface area (TPSA) is 89.9 Å². The Balaban J connectivity index is 2.55. The first kappa shape index (κ1) is 14.8. The lowest BCUT2D eigenvalue weighted by atomic mass is 10.0. The smallest absolute Gasteiger partial charge is 0.326 e. The van der Waals surface area contributed by atoms with E-state index in [1.54, 1.807) is 0 Å². The maximum absolute atomic E-state index is 12.0. The second kappa shape index (κ2) is 6.58. The quantitative estimate of drug-likeness (QED) is 0.625. The predicted molar refractivity (Wildman–Crippen MR) is 66.2 cm³/mol. The van der Waals surface area contributed by atoms with Crippen molar-refractivity contribution >= 4 is 12.0 Å². The van der Waals surface area contributed by atoms with Crippen LogP contribution in [0.15, 0.2) is 0 Å². The summed E-state index contributed by atoms with van der Waals surface area (Å²) in [6.07, 6.45) is 2.25. The number of aliphatic hydroxyl groups is 1. The third-order valence-corrected chi connectivity index (χ3v) is 2.89. The van der Waals surface area contributed by atoms with Crippen LogP contribution in [0, 0.1) is 5.92 Å². The lowest BCUT2D eigenvalue weighted by Gasteiger charge is -2.25. The van der Waals surface area contributed by atoms with Gasteiger partial charge in [-0.15, -0.1) is 0 Å². The van der Waals surface area contributed by atoms with Crippen molar-refractivity contribution in [2.24, 2.45) is 5.92 Å². The molecule has 1 atom stereocenters. The van der Waals surface area contributed by atoms with E-state index >= 15 is 0 Å². The molecular weight excluding hydrogens is 236 g/mol. The monoisotopic (exact) mass is 258 g/mol. The maximum atomic E-state index is 12.0. The average molecular weight is 258 g/mol. The van der Waals surface area contributed by atoms with Gasteiger partial charge in [0.15, 0.2) is 0 Å². The molecule has 1 saturated carbocycles. The van der Waals surface area contributed by atoms with Crippen molar-refractivity contribution in [2.75, 3.05) is 13.2 Å². The molecule has 6 nitrogen and oxygen atoms in total. The molecule has 0 saturated heterocycles. The van der Waals surface area contributed by atoms with Crippen LogP contribution in [0.25, 0.3) is 0 Å². The molecule has 0 aromatic heterocycles. The standard InChI is InChI=1S/C12H22N2O4/c1-8(2)7-10(11(16)17)13-12(18)14(5-6-15)9-3-4-9/h8-10,15H,3-7H2,1-2H3,(H,13,18)(H,16,17). The molecule has 1 unspecified atom stereocenters. The molecule has 3 N–H and O–H groups in total. The average Bonchev–Trinajstić information content (AvgIpc) is 3.07. The van der Waals surface area contributed by atoms with Crippen LogP contribution < -0.4 is 5.32 Å². The van der Waals surface area contributed by atoms with Gasteiger partial charge in [0.2, 0.25) is 0 Å². The molecule has 2 amide bonds. The van der Waals surface area contributed by atoms with Gasteiger partial charge in [0.25, 0.3) is 0 Å². The third kappa shape index (κ3) is 4.52. The number of rotatable bonds is 7. The first-order valence-corrected chi connectivity index (χ1v) is 6.36. The predicted octanol–water partition coefficient (Wildman–Crippen LogP) is 0.652. The van der Waals surface area contributed by atoms with Crippen molar-refractivity contribution in [3.05, 3.63) is 0 Å². The number of hydrogen-bond donors (Lipinski definition) is 3. The van der Waals surface area contributed by atoms with Crippen LogP contribution in [0.1, 0.15) is 33.1 Å². The zero-order valence-electron chi connectivity index (χ0n) is 10.9. The van der Waals surface area contributed by atoms with Crippen LogP contribution in [-0.4, -0.2) is 52.3 Å². The third-order valence-electron chi connectivity index (χ3n) is 2.89. The molecular formula is C12H22N2O4. The highest BCUT2D eigenvalue weighted by molar-refractivity contribution is 5.82. The van der Waals surface area contributed by atoms with Gasteiger partial charge in [-0.3, -0.25) is 0 Å². The number of carboxylic acid groups (broad SMARTS) is 1. The number of urea groups is 1. The second-order valence-corrected chi connectivity index (χ2v) is 5.12. The molecule has 0 aromatic rings. The normalized spacial score (nSPS) is 16.4. The van der Waals surface area contributed by atoms with E-state index in [4.69, 9.17) is 10.2 Å². The first-order valence-electron chi connectivity index (χ1n) is 6.36. The number of amides is 2. The summed E-state index contributed by atoms with van der Waals surface area (Å²) in [5.74, 6) is -0.824. The Morgan fingerprint density at radius 1 is 1.39 bits per heavy atom. The summed E-state index contributed by atoms with van der Waals surface area (Å²) in [6.45, 7) is 3.97. The molecule has 1 aliphatic carbocycles. The number of nitrogens with zero attached hydrogens (tertiary/aromatic N) is 1. The van der Waals surface area contributed by atoms with Gasteiger partial charge in [-0.05, 0) is 25.2 Å². The van der Waals surface area contributed by atoms with Crippen molar-refractivity contribution < 1.29 is 19.8 Å². The Hall–Kier alpha value is -1.30. The largest absolute Gasteiger partial charge is 0.480 e. The summed E-state index contributed by atoms with van der Waals surface area (Å²) in [6, 6.07) is -1.09. The number of hydrogen-bond acceptors (Lipinski definition) is 3. The van der Waals surface area contributed by atoms with E-state index < -0.39 is 12.0 Å². The molecule has 1 aliphatic rings. The van der Waals surface area contributed by atoms with Gasteiger partial charge in [-0.2, -0.15) is 0 Å². The van der Waals surface area contributed by atoms with E-state index in [0.717, 1.165) is 12.8 Å². The van der Waals surface area contributed by atoms with Crippen LogP contribution >= 0.6 is 0 Å². The fraction of sp³-hybridized carbons (Fsp3) is 0.833. The Morgan fingerprint density at radius 2 is 2.00 bits per heavy atom. The first-order chi connectivity index (χ1) is 8.45. The second-order valence-electron chi connectivity index (χ2n) is 5.12. The Bertz CT molecular complexity index is 302. The van der Waals surface area contributed by atoms with Crippen LogP contribution in [-0.2, 0) is 4.79 Å². The summed E-state index contributed by atoms with van der Waals surface area (Å²) in [5, 5.41) is 20.5. The minimum Gasteiger partial charge on any atom is -0.480 e. The highest BCUT2D eigenvalue weighted by atomic mass is 16.4. The minimum absolute atomic E-state index is 0.105. The molecule has 0 aromatic carbocycles. The number of aliphatic carboxylic acids is 1. The van der Waals surface area contributed by atoms with Crippen molar-refractivity contribution in [1.82, 2.24) is 10.2 Å². The lowest BCUT2D eigenvalue weighted by Crippen LogP contribution is -2.49. The van der Waals surface area contributed by atoms with Crippen molar-refractivity contribution in [1.29, 1.82) is 0 Å². The van der Waals surface area contributed by atoms with E-state index in [1.165, 1.54) is 4.90 Å². The van der Waals surface area contributed by atoms with E-state index in [0.29, 0.717) is 6.42 Å². The Morgan fingerprint density at radius 3 is 2.39 bits per heavy atom. The molecule has 0 spiro atoms. The highest BCUT2D eigenvalue weighted by Gasteiger charge is 2.33. The molecule has 18 heavy (non-hydrogen) atoms. The molecule has 0 aliphatic heterocycles. The lowest BCUT2D eigenvalue weighted by molar-refractivity contribution is -0.139. The van der Waals surface area contributed by atoms with Gasteiger partial charge >= 0.3 is 12.0 Å². The van der Waals surface area contributed by atoms with Gasteiger partial charge < -0.3 is 20.4 Å². The maximum Gasteiger partial charge on any atom is 0.326 e. The summed E-state index contributed by atoms with van der Waals surface area (Å²) < 4.78 is 0. The Kier molecular flexibility index (Phi) is 5.40. The fourth-order valence-electron chi connectivity index (χ4n) is 1.87. The highest BCUT2D eigenvalue weighted by Crippen LogP contribution is 2.26. The van der Waals surface area contributed by atoms with Gasteiger partial charge in [-0.25, -0.2) is 9.59 Å². The van der Waals surface area contributed by atoms with Gasteiger partial charge in [-0.1, -0.05) is 13.8 Å². The van der Waals surface area contributed by atoms with Crippen molar-refractivity contribution in [3.8, 4) is 0 Å². The SMILES string of the molecule is CC(C)CC(NC(=O)N(CCO)C1CC1)C(=O)O. The van der Waals surface area contributed by atoms with Gasteiger partial charge in [0.05, 0.1) is 6.61 Å². The van der Waals surface area contributed by atoms with Gasteiger partial charge in [0, 0.05) is 12.6 Å². The summed E-state index contributed by atoms with van der Waals surface area (Å²) in [4.78, 5) is 24.5. The summed E-state index contributed by atoms with van der Waals surface area (Å²) in [5.41, 5.74) is 0. The fourth-order valence-corrected chi connectivity index (χ4v) is 1.87. The molecule has 0 bridgehead atoms. The van der Waals surface area contributed by atoms with Crippen molar-refractivity contribution in [2.45, 2.75) is 45.2 Å².